The van der Waals surface area contributed by atoms with Crippen molar-refractivity contribution < 1.29 is 47.3 Å². The van der Waals surface area contributed by atoms with Crippen molar-refractivity contribution in [3.8, 4) is 11.5 Å². The minimum absolute atomic E-state index is 0.00445. The molecule has 0 saturated heterocycles. The van der Waals surface area contributed by atoms with Crippen LogP contribution in [0.4, 0.5) is 14.0 Å². The maximum atomic E-state index is 13.7. The van der Waals surface area contributed by atoms with Crippen LogP contribution >= 0.6 is 0 Å². The fourth-order valence-corrected chi connectivity index (χ4v) is 4.42. The van der Waals surface area contributed by atoms with Crippen LogP contribution in [-0.4, -0.2) is 66.5 Å². The first-order chi connectivity index (χ1) is 19.4. The van der Waals surface area contributed by atoms with Crippen molar-refractivity contribution in [3.05, 3.63) is 53.1 Å². The van der Waals surface area contributed by atoms with E-state index in [4.69, 9.17) is 23.7 Å². The number of esters is 1. The van der Waals surface area contributed by atoms with Gasteiger partial charge in [0.1, 0.15) is 18.0 Å². The van der Waals surface area contributed by atoms with Crippen molar-refractivity contribution in [2.75, 3.05) is 20.3 Å². The minimum Gasteiger partial charge on any atom is -0.493 e. The van der Waals surface area contributed by atoms with Crippen molar-refractivity contribution in [2.45, 2.75) is 66.5 Å². The fourth-order valence-electron chi connectivity index (χ4n) is 4.42. The summed E-state index contributed by atoms with van der Waals surface area (Å²) in [5, 5.41) is 0. The molecule has 0 aliphatic carbocycles. The molecule has 0 aliphatic heterocycles. The van der Waals surface area contributed by atoms with E-state index in [1.54, 1.807) is 26.8 Å². The van der Waals surface area contributed by atoms with E-state index < -0.39 is 47.7 Å². The van der Waals surface area contributed by atoms with E-state index >= 15 is 0 Å². The molecule has 2 rings (SSSR count). The smallest absolute Gasteiger partial charge is 0.493 e. The molecule has 2 aromatic rings. The third-order valence-corrected chi connectivity index (χ3v) is 6.27. The molecule has 1 aromatic heterocycles. The van der Waals surface area contributed by atoms with Crippen LogP contribution in [0.2, 0.25) is 0 Å². The lowest BCUT2D eigenvalue weighted by Crippen LogP contribution is -2.49. The van der Waals surface area contributed by atoms with Gasteiger partial charge in [-0.05, 0) is 63.8 Å². The molecule has 0 saturated carbocycles. The molecule has 0 N–H and O–H groups in total. The second-order valence-corrected chi connectivity index (χ2v) is 9.44. The van der Waals surface area contributed by atoms with Crippen LogP contribution in [0, 0.1) is 18.7 Å². The summed E-state index contributed by atoms with van der Waals surface area (Å²) < 4.78 is 39.7. The van der Waals surface area contributed by atoms with E-state index in [0.717, 1.165) is 5.56 Å². The lowest BCUT2D eigenvalue weighted by Gasteiger charge is -2.31. The zero-order valence-corrected chi connectivity index (χ0v) is 24.6. The molecule has 11 nitrogen and oxygen atoms in total. The monoisotopic (exact) mass is 576 g/mol. The van der Waals surface area contributed by atoms with Gasteiger partial charge in [0.05, 0.1) is 20.3 Å². The number of carbonyl (C=O) groups is 4. The Hall–Kier alpha value is -4.22. The van der Waals surface area contributed by atoms with Crippen LogP contribution in [0.3, 0.4) is 0 Å². The number of nitrogens with zero attached hydrogens (tertiary/aromatic N) is 2. The number of aromatic nitrogens is 1. The Morgan fingerprint density at radius 1 is 1.00 bits per heavy atom. The SMILES string of the molecule is CCOC(=O)Oc1c(OC)ccnc1C(=O)N(C(=O)OCC)[C@@H](C)C(=O)O[C@@H](C)[C@H](c1ccc(F)cc1C)C(C)C. The Balaban J connectivity index is 2.44. The molecule has 12 heteroatoms. The predicted molar refractivity (Wildman–Crippen MR) is 145 cm³/mol. The first-order valence-electron chi connectivity index (χ1n) is 13.2. The van der Waals surface area contributed by atoms with Gasteiger partial charge in [0.15, 0.2) is 11.4 Å². The first kappa shape index (κ1) is 33.0. The van der Waals surface area contributed by atoms with Gasteiger partial charge in [0, 0.05) is 18.2 Å². The number of methoxy groups -OCH3 is 1. The number of ether oxygens (including phenoxy) is 5. The number of pyridine rings is 1. The second-order valence-electron chi connectivity index (χ2n) is 9.44. The zero-order valence-electron chi connectivity index (χ0n) is 24.6. The van der Waals surface area contributed by atoms with Crippen molar-refractivity contribution in [2.24, 2.45) is 5.92 Å². The van der Waals surface area contributed by atoms with Crippen molar-refractivity contribution in [1.82, 2.24) is 9.88 Å². The van der Waals surface area contributed by atoms with Gasteiger partial charge >= 0.3 is 18.2 Å². The van der Waals surface area contributed by atoms with Crippen LogP contribution in [-0.2, 0) is 19.0 Å². The summed E-state index contributed by atoms with van der Waals surface area (Å²) in [6.07, 6.45) is -1.79. The van der Waals surface area contributed by atoms with E-state index in [1.807, 2.05) is 13.8 Å². The van der Waals surface area contributed by atoms with E-state index in [-0.39, 0.29) is 36.6 Å². The summed E-state index contributed by atoms with van der Waals surface area (Å²) in [5.74, 6) is -3.17. The van der Waals surface area contributed by atoms with Gasteiger partial charge in [-0.25, -0.2) is 28.7 Å². The molecule has 2 amide bonds. The molecular formula is C29H37FN2O9. The highest BCUT2D eigenvalue weighted by molar-refractivity contribution is 6.06. The quantitative estimate of drug-likeness (QED) is 0.252. The number of aryl methyl sites for hydroxylation is 1. The van der Waals surface area contributed by atoms with Gasteiger partial charge in [-0.2, -0.15) is 0 Å². The van der Waals surface area contributed by atoms with E-state index in [0.29, 0.717) is 10.5 Å². The normalized spacial score (nSPS) is 13.0. The molecule has 1 aromatic carbocycles. The lowest BCUT2D eigenvalue weighted by atomic mass is 9.82. The van der Waals surface area contributed by atoms with Gasteiger partial charge in [-0.1, -0.05) is 19.9 Å². The Labute approximate surface area is 238 Å². The molecule has 224 valence electrons. The van der Waals surface area contributed by atoms with E-state index in [1.165, 1.54) is 45.4 Å². The van der Waals surface area contributed by atoms with E-state index in [2.05, 4.69) is 4.98 Å². The summed E-state index contributed by atoms with van der Waals surface area (Å²) in [7, 11) is 1.28. The van der Waals surface area contributed by atoms with Gasteiger partial charge in [0.25, 0.3) is 5.91 Å². The lowest BCUT2D eigenvalue weighted by molar-refractivity contribution is -0.154. The minimum atomic E-state index is -1.48. The van der Waals surface area contributed by atoms with Crippen LogP contribution in [0.25, 0.3) is 0 Å². The Bertz CT molecular complexity index is 1250. The molecule has 3 atom stereocenters. The summed E-state index contributed by atoms with van der Waals surface area (Å²) in [6, 6.07) is 4.25. The summed E-state index contributed by atoms with van der Waals surface area (Å²) in [5.41, 5.74) is 0.996. The van der Waals surface area contributed by atoms with Gasteiger partial charge < -0.3 is 23.7 Å². The molecule has 0 aliphatic rings. The van der Waals surface area contributed by atoms with Crippen LogP contribution < -0.4 is 9.47 Å². The largest absolute Gasteiger partial charge is 0.514 e. The third-order valence-electron chi connectivity index (χ3n) is 6.27. The topological polar surface area (TPSA) is 131 Å². The van der Waals surface area contributed by atoms with Crippen molar-refractivity contribution in [3.63, 3.8) is 0 Å². The first-order valence-corrected chi connectivity index (χ1v) is 13.2. The molecule has 1 heterocycles. The highest BCUT2D eigenvalue weighted by Crippen LogP contribution is 2.34. The summed E-state index contributed by atoms with van der Waals surface area (Å²) in [4.78, 5) is 56.6. The maximum Gasteiger partial charge on any atom is 0.514 e. The summed E-state index contributed by atoms with van der Waals surface area (Å²) >= 11 is 0. The van der Waals surface area contributed by atoms with Gasteiger partial charge in [0.2, 0.25) is 5.75 Å². The highest BCUT2D eigenvalue weighted by Gasteiger charge is 2.39. The molecule has 0 bridgehead atoms. The molecule has 0 spiro atoms. The predicted octanol–water partition coefficient (Wildman–Crippen LogP) is 5.43. The number of carbonyl (C=O) groups excluding carboxylic acids is 4. The Morgan fingerprint density at radius 3 is 2.22 bits per heavy atom. The fraction of sp³-hybridized carbons (Fsp3) is 0.483. The van der Waals surface area contributed by atoms with Crippen LogP contribution in [0.5, 0.6) is 11.5 Å². The van der Waals surface area contributed by atoms with Crippen LogP contribution in [0.15, 0.2) is 30.5 Å². The average Bonchev–Trinajstić information content (AvgIpc) is 2.90. The number of benzene rings is 1. The molecule has 0 unspecified atom stereocenters. The maximum absolute atomic E-state index is 13.7. The van der Waals surface area contributed by atoms with Crippen LogP contribution in [0.1, 0.15) is 69.1 Å². The molecule has 41 heavy (non-hydrogen) atoms. The third kappa shape index (κ3) is 8.15. The average molecular weight is 577 g/mol. The Morgan fingerprint density at radius 2 is 1.66 bits per heavy atom. The summed E-state index contributed by atoms with van der Waals surface area (Å²) in [6.45, 7) is 11.6. The standard InChI is InChI=1S/C29H37FN2O9/c1-9-38-28(35)32(26(33)24-25(41-29(36)39-10-2)22(37-8)13-14-31-24)18(6)27(34)40-19(7)23(16(3)4)21-12-11-20(30)15-17(21)5/h11-16,18-19,23H,9-10H2,1-8H3/t18-,19-,23+/m0/s1. The number of rotatable bonds is 11. The molecule has 0 fully saturated rings. The number of hydrogen-bond donors (Lipinski definition) is 0. The second kappa shape index (κ2) is 15.0. The number of amides is 2. The molecular weight excluding hydrogens is 539 g/mol. The molecule has 0 radical (unpaired) electrons. The number of imide groups is 1. The van der Waals surface area contributed by atoms with Crippen molar-refractivity contribution in [1.29, 1.82) is 0 Å². The number of hydrogen-bond acceptors (Lipinski definition) is 10. The van der Waals surface area contributed by atoms with Gasteiger partial charge in [-0.3, -0.25) is 4.79 Å². The van der Waals surface area contributed by atoms with Crippen molar-refractivity contribution >= 4 is 24.1 Å². The van der Waals surface area contributed by atoms with E-state index in [9.17, 15) is 23.6 Å². The number of halogens is 1. The zero-order chi connectivity index (χ0) is 30.9. The Kier molecular flexibility index (Phi) is 12.0. The highest BCUT2D eigenvalue weighted by atomic mass is 19.1. The van der Waals surface area contributed by atoms with Gasteiger partial charge in [-0.15, -0.1) is 0 Å².